The molecule has 0 radical (unpaired) electrons. The number of nitrogen functional groups attached to an aromatic ring is 1. The summed E-state index contributed by atoms with van der Waals surface area (Å²) in [6.45, 7) is 5.39. The topological polar surface area (TPSA) is 130 Å². The Balaban J connectivity index is 1.79. The number of amides is 1. The zero-order valence-corrected chi connectivity index (χ0v) is 18.2. The molecule has 4 aromatic rings. The van der Waals surface area contributed by atoms with Crippen molar-refractivity contribution in [2.75, 3.05) is 18.2 Å². The number of ether oxygens (including phenoxy) is 2. The molecule has 10 nitrogen and oxygen atoms in total. The van der Waals surface area contributed by atoms with Crippen LogP contribution in [0, 0.1) is 0 Å². The quantitative estimate of drug-likeness (QED) is 0.497. The van der Waals surface area contributed by atoms with Gasteiger partial charge in [0.1, 0.15) is 40.5 Å². The van der Waals surface area contributed by atoms with E-state index in [2.05, 4.69) is 20.3 Å². The van der Waals surface area contributed by atoms with E-state index in [9.17, 15) is 4.79 Å². The molecule has 0 aliphatic heterocycles. The van der Waals surface area contributed by atoms with Gasteiger partial charge in [-0.1, -0.05) is 6.07 Å². The number of imidazole rings is 1. The van der Waals surface area contributed by atoms with Gasteiger partial charge in [-0.25, -0.2) is 24.7 Å². The summed E-state index contributed by atoms with van der Waals surface area (Å²) in [5, 5.41) is 2.71. The first-order valence-corrected chi connectivity index (χ1v) is 9.83. The molecule has 10 heteroatoms. The van der Waals surface area contributed by atoms with Crippen LogP contribution in [0.4, 0.5) is 16.3 Å². The number of nitrogens with one attached hydrogen (secondary N) is 1. The number of carbonyl (C=O) groups excluding carboxylic acids is 1. The first kappa shape index (κ1) is 21.0. The fraction of sp³-hybridized carbons (Fsp3) is 0.227. The maximum absolute atomic E-state index is 12.2. The van der Waals surface area contributed by atoms with Crippen LogP contribution in [-0.4, -0.2) is 43.1 Å². The Morgan fingerprint density at radius 3 is 2.59 bits per heavy atom. The van der Waals surface area contributed by atoms with Crippen molar-refractivity contribution in [1.82, 2.24) is 24.3 Å². The first-order valence-electron chi connectivity index (χ1n) is 9.83. The number of aromatic nitrogens is 5. The average Bonchev–Trinajstić information content (AvgIpc) is 3.14. The minimum atomic E-state index is -0.616. The van der Waals surface area contributed by atoms with Crippen LogP contribution in [0.5, 0.6) is 5.75 Å². The average molecular weight is 433 g/mol. The number of nitrogens with two attached hydrogens (primary N) is 1. The van der Waals surface area contributed by atoms with Gasteiger partial charge in [0.15, 0.2) is 0 Å². The number of hydrogen-bond acceptors (Lipinski definition) is 8. The second-order valence-electron chi connectivity index (χ2n) is 7.98. The molecule has 0 saturated carbocycles. The van der Waals surface area contributed by atoms with Crippen molar-refractivity contribution in [1.29, 1.82) is 0 Å². The van der Waals surface area contributed by atoms with Crippen molar-refractivity contribution >= 4 is 23.1 Å². The molecule has 0 aliphatic carbocycles. The monoisotopic (exact) mass is 433 g/mol. The lowest BCUT2D eigenvalue weighted by Gasteiger charge is -2.20. The van der Waals surface area contributed by atoms with E-state index in [1.807, 2.05) is 10.5 Å². The molecular weight excluding hydrogens is 410 g/mol. The molecule has 0 aliphatic rings. The van der Waals surface area contributed by atoms with Gasteiger partial charge in [0, 0.05) is 30.4 Å². The van der Waals surface area contributed by atoms with E-state index >= 15 is 0 Å². The molecule has 3 N–H and O–H groups in total. The third-order valence-electron chi connectivity index (χ3n) is 4.51. The third kappa shape index (κ3) is 4.15. The van der Waals surface area contributed by atoms with Gasteiger partial charge in [0.25, 0.3) is 0 Å². The van der Waals surface area contributed by atoms with Gasteiger partial charge >= 0.3 is 6.09 Å². The van der Waals surface area contributed by atoms with Crippen molar-refractivity contribution in [3.05, 3.63) is 49.3 Å². The van der Waals surface area contributed by atoms with Crippen molar-refractivity contribution in [3.8, 4) is 28.4 Å². The number of carbonyl (C=O) groups is 1. The first-order chi connectivity index (χ1) is 15.3. The second-order valence-corrected chi connectivity index (χ2v) is 7.98. The van der Waals surface area contributed by atoms with Crippen molar-refractivity contribution < 1.29 is 14.3 Å². The highest BCUT2D eigenvalue weighted by molar-refractivity contribution is 5.91. The van der Waals surface area contributed by atoms with Crippen LogP contribution >= 0.6 is 0 Å². The van der Waals surface area contributed by atoms with E-state index < -0.39 is 11.7 Å². The van der Waals surface area contributed by atoms with Gasteiger partial charge in [-0.2, -0.15) is 0 Å². The normalized spacial score (nSPS) is 11.4. The fourth-order valence-corrected chi connectivity index (χ4v) is 3.24. The Bertz CT molecular complexity index is 1280. The number of fused-ring (bicyclic) bond motifs is 1. The molecule has 0 spiro atoms. The molecule has 0 saturated heterocycles. The van der Waals surface area contributed by atoms with Crippen molar-refractivity contribution in [2.45, 2.75) is 26.4 Å². The van der Waals surface area contributed by atoms with Crippen LogP contribution in [0.25, 0.3) is 28.2 Å². The van der Waals surface area contributed by atoms with Gasteiger partial charge in [0.2, 0.25) is 0 Å². The Labute approximate surface area is 184 Å². The molecule has 32 heavy (non-hydrogen) atoms. The largest absolute Gasteiger partial charge is 0.495 e. The fourth-order valence-electron chi connectivity index (χ4n) is 3.24. The van der Waals surface area contributed by atoms with Crippen LogP contribution in [-0.2, 0) is 4.74 Å². The Morgan fingerprint density at radius 2 is 1.91 bits per heavy atom. The molecule has 164 valence electrons. The molecule has 3 aromatic heterocycles. The van der Waals surface area contributed by atoms with Gasteiger partial charge in [-0.05, 0) is 32.9 Å². The number of benzene rings is 1. The maximum Gasteiger partial charge on any atom is 0.412 e. The predicted molar refractivity (Wildman–Crippen MR) is 120 cm³/mol. The van der Waals surface area contributed by atoms with E-state index in [0.29, 0.717) is 34.3 Å². The molecule has 0 fully saturated rings. The lowest BCUT2D eigenvalue weighted by Crippen LogP contribution is -2.27. The van der Waals surface area contributed by atoms with Crippen LogP contribution in [0.2, 0.25) is 0 Å². The maximum atomic E-state index is 12.2. The minimum absolute atomic E-state index is 0.327. The summed E-state index contributed by atoms with van der Waals surface area (Å²) in [5.74, 6) is 1.40. The lowest BCUT2D eigenvalue weighted by molar-refractivity contribution is 0.0635. The highest BCUT2D eigenvalue weighted by atomic mass is 16.6. The van der Waals surface area contributed by atoms with Crippen molar-refractivity contribution in [3.63, 3.8) is 0 Å². The SMILES string of the molecule is COc1cc(-c2nc(-c3cncnc3)n3ccnc(N)c23)ccc1NC(=O)OC(C)(C)C. The molecule has 1 aromatic carbocycles. The molecule has 4 rings (SSSR count). The summed E-state index contributed by atoms with van der Waals surface area (Å²) in [4.78, 5) is 29.4. The molecule has 0 atom stereocenters. The van der Waals surface area contributed by atoms with E-state index in [-0.39, 0.29) is 0 Å². The smallest absolute Gasteiger partial charge is 0.412 e. The summed E-state index contributed by atoms with van der Waals surface area (Å²) in [6.07, 6.45) is 7.62. The summed E-state index contributed by atoms with van der Waals surface area (Å²) >= 11 is 0. The predicted octanol–water partition coefficient (Wildman–Crippen LogP) is 3.79. The van der Waals surface area contributed by atoms with Gasteiger partial charge < -0.3 is 15.2 Å². The Hall–Kier alpha value is -4.21. The Morgan fingerprint density at radius 1 is 1.16 bits per heavy atom. The molecule has 3 heterocycles. The number of nitrogens with zero attached hydrogens (tertiary/aromatic N) is 5. The number of hydrogen-bond donors (Lipinski definition) is 2. The van der Waals surface area contributed by atoms with Gasteiger partial charge in [-0.3, -0.25) is 9.72 Å². The highest BCUT2D eigenvalue weighted by Crippen LogP contribution is 2.36. The van der Waals surface area contributed by atoms with Gasteiger partial charge in [-0.15, -0.1) is 0 Å². The van der Waals surface area contributed by atoms with Crippen molar-refractivity contribution in [2.24, 2.45) is 0 Å². The number of methoxy groups -OCH3 is 1. The molecular formula is C22H23N7O3. The van der Waals surface area contributed by atoms with E-state index in [1.54, 1.807) is 57.7 Å². The zero-order chi connectivity index (χ0) is 22.9. The van der Waals surface area contributed by atoms with E-state index in [4.69, 9.17) is 20.2 Å². The zero-order valence-electron chi connectivity index (χ0n) is 18.2. The molecule has 0 unspecified atom stereocenters. The van der Waals surface area contributed by atoms with Crippen LogP contribution in [0.1, 0.15) is 20.8 Å². The Kier molecular flexibility index (Phi) is 5.35. The standard InChI is InChI=1S/C22H23N7O3/c1-22(2,3)32-21(30)27-15-6-5-13(9-16(15)31-4)17-18-19(23)26-7-8-29(18)20(28-17)14-10-24-12-25-11-14/h5-12H,1-4H3,(H2,23,26)(H,27,30). The number of anilines is 2. The van der Waals surface area contributed by atoms with Crippen LogP contribution in [0.15, 0.2) is 49.3 Å². The number of rotatable bonds is 4. The van der Waals surface area contributed by atoms with Crippen LogP contribution < -0.4 is 15.8 Å². The van der Waals surface area contributed by atoms with E-state index in [1.165, 1.54) is 13.4 Å². The third-order valence-corrected chi connectivity index (χ3v) is 4.51. The minimum Gasteiger partial charge on any atom is -0.495 e. The second kappa shape index (κ2) is 8.14. The summed E-state index contributed by atoms with van der Waals surface area (Å²) in [6, 6.07) is 5.31. The summed E-state index contributed by atoms with van der Waals surface area (Å²) in [5.41, 5.74) is 8.77. The van der Waals surface area contributed by atoms with E-state index in [0.717, 1.165) is 11.1 Å². The lowest BCUT2D eigenvalue weighted by atomic mass is 10.1. The van der Waals surface area contributed by atoms with Crippen LogP contribution in [0.3, 0.4) is 0 Å². The summed E-state index contributed by atoms with van der Waals surface area (Å²) < 4.78 is 12.7. The molecule has 1 amide bonds. The van der Waals surface area contributed by atoms with Gasteiger partial charge in [0.05, 0.1) is 18.4 Å². The summed E-state index contributed by atoms with van der Waals surface area (Å²) in [7, 11) is 1.52. The molecule has 0 bridgehead atoms. The highest BCUT2D eigenvalue weighted by Gasteiger charge is 2.20.